The van der Waals surface area contributed by atoms with E-state index in [1.54, 1.807) is 6.07 Å². The highest BCUT2D eigenvalue weighted by molar-refractivity contribution is 5.88. The van der Waals surface area contributed by atoms with Gasteiger partial charge in [0.15, 0.2) is 0 Å². The van der Waals surface area contributed by atoms with Crippen LogP contribution in [-0.2, 0) is 6.54 Å². The van der Waals surface area contributed by atoms with Gasteiger partial charge in [0.2, 0.25) is 0 Å². The van der Waals surface area contributed by atoms with Crippen molar-refractivity contribution in [3.8, 4) is 0 Å². The summed E-state index contributed by atoms with van der Waals surface area (Å²) in [4.78, 5) is 27.5. The molecule has 0 atom stereocenters. The minimum Gasteiger partial charge on any atom is -0.363 e. The largest absolute Gasteiger partial charge is 0.363 e. The molecule has 0 unspecified atom stereocenters. The van der Waals surface area contributed by atoms with Crippen molar-refractivity contribution < 1.29 is 4.79 Å². The fraction of sp³-hybridized carbons (Fsp3) is 0.500. The van der Waals surface area contributed by atoms with Gasteiger partial charge in [0.05, 0.1) is 0 Å². The Bertz CT molecular complexity index is 832. The second-order valence-corrected chi connectivity index (χ2v) is 8.52. The number of hydrogen-bond donors (Lipinski definition) is 1. The molecule has 7 heteroatoms. The Morgan fingerprint density at radius 1 is 1.10 bits per heavy atom. The lowest BCUT2D eigenvalue weighted by Crippen LogP contribution is -2.42. The first-order chi connectivity index (χ1) is 14.0. The van der Waals surface area contributed by atoms with Crippen LogP contribution in [0.1, 0.15) is 24.8 Å². The van der Waals surface area contributed by atoms with Gasteiger partial charge in [-0.2, -0.15) is 0 Å². The van der Waals surface area contributed by atoms with Gasteiger partial charge in [-0.05, 0) is 43.3 Å². The van der Waals surface area contributed by atoms with Gasteiger partial charge in [0.1, 0.15) is 18.0 Å². The Hall–Kier alpha value is -2.67. The van der Waals surface area contributed by atoms with Gasteiger partial charge in [0, 0.05) is 39.8 Å². The van der Waals surface area contributed by atoms with E-state index in [2.05, 4.69) is 50.5 Å². The zero-order chi connectivity index (χ0) is 20.3. The summed E-state index contributed by atoms with van der Waals surface area (Å²) in [6.45, 7) is 4.87. The van der Waals surface area contributed by atoms with Gasteiger partial charge in [0.25, 0.3) is 0 Å². The van der Waals surface area contributed by atoms with Crippen molar-refractivity contribution in [3.05, 3.63) is 48.3 Å². The highest BCUT2D eigenvalue weighted by Gasteiger charge is 2.42. The average molecular weight is 395 g/mol. The molecule has 4 rings (SSSR count). The Balaban J connectivity index is 1.30. The van der Waals surface area contributed by atoms with Crippen LogP contribution in [0.25, 0.3) is 0 Å². The topological polar surface area (TPSA) is 64.6 Å². The van der Waals surface area contributed by atoms with E-state index in [-0.39, 0.29) is 11.4 Å². The first-order valence-electron chi connectivity index (χ1n) is 10.3. The second-order valence-electron chi connectivity index (χ2n) is 8.52. The predicted octanol–water partition coefficient (Wildman–Crippen LogP) is 3.06. The highest BCUT2D eigenvalue weighted by atomic mass is 16.2. The molecular formula is C22H30N6O. The molecule has 7 nitrogen and oxygen atoms in total. The van der Waals surface area contributed by atoms with Crippen LogP contribution in [0.15, 0.2) is 42.7 Å². The molecular weight excluding hydrogens is 364 g/mol. The lowest BCUT2D eigenvalue weighted by atomic mass is 9.77. The molecule has 0 aliphatic carbocycles. The van der Waals surface area contributed by atoms with Crippen LogP contribution in [0.3, 0.4) is 0 Å². The maximum atomic E-state index is 12.8. The molecule has 3 heterocycles. The van der Waals surface area contributed by atoms with E-state index in [4.69, 9.17) is 0 Å². The maximum Gasteiger partial charge on any atom is 0.323 e. The van der Waals surface area contributed by atoms with E-state index < -0.39 is 0 Å². The fourth-order valence-corrected chi connectivity index (χ4v) is 4.39. The number of piperidine rings is 1. The molecule has 2 saturated heterocycles. The molecule has 0 radical (unpaired) electrons. The van der Waals surface area contributed by atoms with Crippen LogP contribution in [-0.4, -0.2) is 66.1 Å². The summed E-state index contributed by atoms with van der Waals surface area (Å²) in [5.41, 5.74) is 1.64. The lowest BCUT2D eigenvalue weighted by molar-refractivity contribution is 0.106. The van der Waals surface area contributed by atoms with Crippen molar-refractivity contribution >= 4 is 17.7 Å². The third-order valence-corrected chi connectivity index (χ3v) is 6.24. The van der Waals surface area contributed by atoms with Gasteiger partial charge in [-0.25, -0.2) is 14.8 Å². The van der Waals surface area contributed by atoms with E-state index in [1.807, 2.05) is 23.9 Å². The number of carbonyl (C=O) groups is 1. The number of amides is 2. The van der Waals surface area contributed by atoms with Gasteiger partial charge >= 0.3 is 6.03 Å². The van der Waals surface area contributed by atoms with Crippen LogP contribution in [0.2, 0.25) is 0 Å². The molecule has 154 valence electrons. The number of anilines is 2. The van der Waals surface area contributed by atoms with Gasteiger partial charge in [-0.15, -0.1) is 0 Å². The first kappa shape index (κ1) is 19.6. The van der Waals surface area contributed by atoms with E-state index in [9.17, 15) is 4.79 Å². The number of benzene rings is 1. The molecule has 0 saturated carbocycles. The standard InChI is InChI=1S/C22H30N6O/c1-26(2)20-14-19(23-17-24-20)25-21(29)28-13-10-22(16-28)8-11-27(12-9-22)15-18-6-4-3-5-7-18/h3-7,14,17H,8-13,15-16H2,1-2H3,(H,23,24,25,29). The first-order valence-corrected chi connectivity index (χ1v) is 10.3. The van der Waals surface area contributed by atoms with E-state index in [0.717, 1.165) is 57.8 Å². The summed E-state index contributed by atoms with van der Waals surface area (Å²) in [5.74, 6) is 1.33. The number of rotatable bonds is 4. The molecule has 1 aromatic carbocycles. The molecule has 0 bridgehead atoms. The van der Waals surface area contributed by atoms with Crippen LogP contribution < -0.4 is 10.2 Å². The van der Waals surface area contributed by atoms with Crippen molar-refractivity contribution in [1.82, 2.24) is 19.8 Å². The molecule has 1 N–H and O–H groups in total. The molecule has 2 aromatic rings. The normalized spacial score (nSPS) is 18.8. The Kier molecular flexibility index (Phi) is 5.67. The minimum absolute atomic E-state index is 0.0583. The van der Waals surface area contributed by atoms with Gasteiger partial charge in [-0.1, -0.05) is 30.3 Å². The van der Waals surface area contributed by atoms with Crippen LogP contribution in [0, 0.1) is 5.41 Å². The Morgan fingerprint density at radius 2 is 1.83 bits per heavy atom. The molecule has 2 aliphatic rings. The SMILES string of the molecule is CN(C)c1cc(NC(=O)N2CCC3(CCN(Cc4ccccc4)CC3)C2)ncn1. The number of urea groups is 1. The third kappa shape index (κ3) is 4.67. The fourth-order valence-electron chi connectivity index (χ4n) is 4.39. The van der Waals surface area contributed by atoms with Gasteiger partial charge < -0.3 is 9.80 Å². The quantitative estimate of drug-likeness (QED) is 0.863. The molecule has 2 amide bonds. The summed E-state index contributed by atoms with van der Waals surface area (Å²) in [6.07, 6.45) is 4.88. The van der Waals surface area contributed by atoms with E-state index in [1.165, 1.54) is 11.9 Å². The summed E-state index contributed by atoms with van der Waals surface area (Å²) in [5, 5.41) is 2.94. The van der Waals surface area contributed by atoms with Crippen molar-refractivity contribution in [2.45, 2.75) is 25.8 Å². The van der Waals surface area contributed by atoms with Crippen LogP contribution in [0.4, 0.5) is 16.4 Å². The zero-order valence-corrected chi connectivity index (χ0v) is 17.3. The summed E-state index contributed by atoms with van der Waals surface area (Å²) in [7, 11) is 3.84. The minimum atomic E-state index is -0.0583. The lowest BCUT2D eigenvalue weighted by Gasteiger charge is -2.39. The summed E-state index contributed by atoms with van der Waals surface area (Å²) >= 11 is 0. The number of hydrogen-bond acceptors (Lipinski definition) is 5. The molecule has 2 aliphatic heterocycles. The van der Waals surface area contributed by atoms with Crippen molar-refractivity contribution in [1.29, 1.82) is 0 Å². The smallest absolute Gasteiger partial charge is 0.323 e. The van der Waals surface area contributed by atoms with Crippen molar-refractivity contribution in [2.75, 3.05) is 50.5 Å². The zero-order valence-electron chi connectivity index (χ0n) is 17.3. The average Bonchev–Trinajstić information content (AvgIpc) is 3.15. The molecule has 29 heavy (non-hydrogen) atoms. The Morgan fingerprint density at radius 3 is 2.55 bits per heavy atom. The number of carbonyl (C=O) groups excluding carboxylic acids is 1. The van der Waals surface area contributed by atoms with E-state index in [0.29, 0.717) is 5.82 Å². The predicted molar refractivity (Wildman–Crippen MR) is 115 cm³/mol. The number of aromatic nitrogens is 2. The monoisotopic (exact) mass is 394 g/mol. The Labute approximate surface area is 172 Å². The van der Waals surface area contributed by atoms with E-state index >= 15 is 0 Å². The molecule has 2 fully saturated rings. The molecule has 1 aromatic heterocycles. The second kappa shape index (κ2) is 8.37. The van der Waals surface area contributed by atoms with Gasteiger partial charge in [-0.3, -0.25) is 10.2 Å². The van der Waals surface area contributed by atoms with Crippen molar-refractivity contribution in [2.24, 2.45) is 5.41 Å². The number of nitrogens with one attached hydrogen (secondary N) is 1. The summed E-state index contributed by atoms with van der Waals surface area (Å²) < 4.78 is 0. The summed E-state index contributed by atoms with van der Waals surface area (Å²) in [6, 6.07) is 12.4. The maximum absolute atomic E-state index is 12.8. The van der Waals surface area contributed by atoms with Crippen LogP contribution in [0.5, 0.6) is 0 Å². The highest BCUT2D eigenvalue weighted by Crippen LogP contribution is 2.40. The van der Waals surface area contributed by atoms with Crippen molar-refractivity contribution in [3.63, 3.8) is 0 Å². The third-order valence-electron chi connectivity index (χ3n) is 6.24. The number of likely N-dealkylation sites (tertiary alicyclic amines) is 2. The van der Waals surface area contributed by atoms with Crippen LogP contribution >= 0.6 is 0 Å². The molecule has 1 spiro atoms. The number of nitrogens with zero attached hydrogens (tertiary/aromatic N) is 5.